The van der Waals surface area contributed by atoms with Gasteiger partial charge in [-0.2, -0.15) is 4.98 Å². The second kappa shape index (κ2) is 7.19. The van der Waals surface area contributed by atoms with Crippen LogP contribution < -0.4 is 0 Å². The standard InChI is InChI=1S/C19H22N4O2/c1-14-20-19(22-24-14)11-15-7-9-23(10-8-15)13-17-12-18(21-25-17)16-5-3-2-4-6-16/h2-6,12,15H,7-11,13H2,1H3. The molecule has 0 N–H and O–H groups in total. The number of hydrogen-bond donors (Lipinski definition) is 0. The van der Waals surface area contributed by atoms with Gasteiger partial charge in [-0.15, -0.1) is 0 Å². The van der Waals surface area contributed by atoms with Crippen molar-refractivity contribution >= 4 is 0 Å². The minimum absolute atomic E-state index is 0.628. The van der Waals surface area contributed by atoms with Crippen LogP contribution in [0.1, 0.15) is 30.3 Å². The Kier molecular flexibility index (Phi) is 4.61. The molecule has 1 aliphatic rings. The molecule has 130 valence electrons. The summed E-state index contributed by atoms with van der Waals surface area (Å²) in [5.74, 6) is 3.03. The second-order valence-corrected chi connectivity index (χ2v) is 6.70. The Morgan fingerprint density at radius 3 is 2.60 bits per heavy atom. The molecule has 0 spiro atoms. The van der Waals surface area contributed by atoms with Gasteiger partial charge in [0, 0.05) is 25.0 Å². The van der Waals surface area contributed by atoms with E-state index >= 15 is 0 Å². The fourth-order valence-electron chi connectivity index (χ4n) is 3.38. The first-order valence-corrected chi connectivity index (χ1v) is 8.79. The Balaban J connectivity index is 1.29. The molecule has 0 atom stereocenters. The lowest BCUT2D eigenvalue weighted by molar-refractivity contribution is 0.160. The highest BCUT2D eigenvalue weighted by atomic mass is 16.5. The molecule has 1 aliphatic heterocycles. The van der Waals surface area contributed by atoms with E-state index in [2.05, 4.69) is 20.2 Å². The van der Waals surface area contributed by atoms with Gasteiger partial charge in [-0.1, -0.05) is 40.6 Å². The molecule has 25 heavy (non-hydrogen) atoms. The molecule has 0 bridgehead atoms. The molecule has 4 rings (SSSR count). The Labute approximate surface area is 146 Å². The summed E-state index contributed by atoms with van der Waals surface area (Å²) in [4.78, 5) is 6.73. The van der Waals surface area contributed by atoms with Crippen LogP contribution >= 0.6 is 0 Å². The van der Waals surface area contributed by atoms with Crippen LogP contribution in [0.5, 0.6) is 0 Å². The summed E-state index contributed by atoms with van der Waals surface area (Å²) in [5.41, 5.74) is 1.99. The van der Waals surface area contributed by atoms with Crippen molar-refractivity contribution in [2.24, 2.45) is 5.92 Å². The van der Waals surface area contributed by atoms with Gasteiger partial charge < -0.3 is 9.05 Å². The molecule has 0 amide bonds. The maximum atomic E-state index is 5.52. The third-order valence-corrected chi connectivity index (χ3v) is 4.76. The smallest absolute Gasteiger partial charge is 0.223 e. The van der Waals surface area contributed by atoms with Crippen molar-refractivity contribution in [3.8, 4) is 11.3 Å². The van der Waals surface area contributed by atoms with Crippen molar-refractivity contribution < 1.29 is 9.05 Å². The number of hydrogen-bond acceptors (Lipinski definition) is 6. The van der Waals surface area contributed by atoms with Crippen molar-refractivity contribution in [2.75, 3.05) is 13.1 Å². The predicted octanol–water partition coefficient (Wildman–Crippen LogP) is 3.49. The van der Waals surface area contributed by atoms with E-state index in [1.54, 1.807) is 0 Å². The molecule has 1 fully saturated rings. The van der Waals surface area contributed by atoms with E-state index in [-0.39, 0.29) is 0 Å². The molecular formula is C19H22N4O2. The predicted molar refractivity (Wildman–Crippen MR) is 92.7 cm³/mol. The minimum atomic E-state index is 0.628. The lowest BCUT2D eigenvalue weighted by Gasteiger charge is -2.30. The van der Waals surface area contributed by atoms with Gasteiger partial charge in [0.2, 0.25) is 5.89 Å². The lowest BCUT2D eigenvalue weighted by atomic mass is 9.93. The fourth-order valence-corrected chi connectivity index (χ4v) is 3.38. The third-order valence-electron chi connectivity index (χ3n) is 4.76. The first kappa shape index (κ1) is 16.0. The van der Waals surface area contributed by atoms with Gasteiger partial charge in [0.05, 0.1) is 6.54 Å². The van der Waals surface area contributed by atoms with Crippen molar-refractivity contribution in [2.45, 2.75) is 32.7 Å². The molecule has 0 unspecified atom stereocenters. The SMILES string of the molecule is Cc1nc(CC2CCN(Cc3cc(-c4ccccc4)no3)CC2)no1. The van der Waals surface area contributed by atoms with Gasteiger partial charge in [0.25, 0.3) is 0 Å². The summed E-state index contributed by atoms with van der Waals surface area (Å²) in [6, 6.07) is 12.2. The Bertz CT molecular complexity index is 804. The maximum absolute atomic E-state index is 5.52. The van der Waals surface area contributed by atoms with Crippen LogP contribution in [0.15, 0.2) is 45.4 Å². The van der Waals surface area contributed by atoms with E-state index in [4.69, 9.17) is 9.05 Å². The van der Waals surface area contributed by atoms with Gasteiger partial charge in [-0.05, 0) is 31.8 Å². The fraction of sp³-hybridized carbons (Fsp3) is 0.421. The first-order valence-electron chi connectivity index (χ1n) is 8.79. The molecule has 0 radical (unpaired) electrons. The summed E-state index contributed by atoms with van der Waals surface area (Å²) in [6.07, 6.45) is 3.20. The molecule has 3 heterocycles. The van der Waals surface area contributed by atoms with Crippen LogP contribution in [0.4, 0.5) is 0 Å². The molecule has 6 nitrogen and oxygen atoms in total. The highest BCUT2D eigenvalue weighted by Gasteiger charge is 2.22. The average Bonchev–Trinajstić information content (AvgIpc) is 3.27. The van der Waals surface area contributed by atoms with Crippen LogP contribution in [0.25, 0.3) is 11.3 Å². The van der Waals surface area contributed by atoms with Crippen molar-refractivity contribution in [1.82, 2.24) is 20.2 Å². The molecular weight excluding hydrogens is 316 g/mol. The van der Waals surface area contributed by atoms with Crippen LogP contribution in [0, 0.1) is 12.8 Å². The monoisotopic (exact) mass is 338 g/mol. The summed E-state index contributed by atoms with van der Waals surface area (Å²) >= 11 is 0. The number of benzene rings is 1. The third kappa shape index (κ3) is 3.96. The van der Waals surface area contributed by atoms with Crippen LogP contribution in [-0.4, -0.2) is 33.3 Å². The maximum Gasteiger partial charge on any atom is 0.223 e. The Hall–Kier alpha value is -2.47. The van der Waals surface area contributed by atoms with E-state index in [1.165, 1.54) is 0 Å². The van der Waals surface area contributed by atoms with Crippen molar-refractivity contribution in [3.05, 3.63) is 53.9 Å². The van der Waals surface area contributed by atoms with E-state index in [9.17, 15) is 0 Å². The quantitative estimate of drug-likeness (QED) is 0.709. The number of rotatable bonds is 5. The van der Waals surface area contributed by atoms with E-state index < -0.39 is 0 Å². The molecule has 1 saturated heterocycles. The zero-order chi connectivity index (χ0) is 17.1. The largest absolute Gasteiger partial charge is 0.359 e. The van der Waals surface area contributed by atoms with E-state index in [0.717, 1.165) is 61.7 Å². The van der Waals surface area contributed by atoms with Gasteiger partial charge in [0.1, 0.15) is 5.69 Å². The topological polar surface area (TPSA) is 68.2 Å². The zero-order valence-electron chi connectivity index (χ0n) is 14.4. The van der Waals surface area contributed by atoms with Gasteiger partial charge in [-0.25, -0.2) is 0 Å². The highest BCUT2D eigenvalue weighted by Crippen LogP contribution is 2.24. The van der Waals surface area contributed by atoms with Crippen molar-refractivity contribution in [1.29, 1.82) is 0 Å². The summed E-state index contributed by atoms with van der Waals surface area (Å²) < 4.78 is 10.6. The van der Waals surface area contributed by atoms with Crippen molar-refractivity contribution in [3.63, 3.8) is 0 Å². The molecule has 6 heteroatoms. The van der Waals surface area contributed by atoms with Gasteiger partial charge in [-0.3, -0.25) is 4.90 Å². The Morgan fingerprint density at radius 1 is 1.08 bits per heavy atom. The number of piperidine rings is 1. The normalized spacial score (nSPS) is 16.4. The molecule has 0 aliphatic carbocycles. The number of aromatic nitrogens is 3. The Morgan fingerprint density at radius 2 is 1.88 bits per heavy atom. The van der Waals surface area contributed by atoms with Gasteiger partial charge >= 0.3 is 0 Å². The molecule has 3 aromatic rings. The summed E-state index contributed by atoms with van der Waals surface area (Å²) in [5, 5.41) is 8.20. The summed E-state index contributed by atoms with van der Waals surface area (Å²) in [7, 11) is 0. The lowest BCUT2D eigenvalue weighted by Crippen LogP contribution is -2.33. The van der Waals surface area contributed by atoms with E-state index in [1.807, 2.05) is 43.3 Å². The van der Waals surface area contributed by atoms with Crippen LogP contribution in [0.2, 0.25) is 0 Å². The summed E-state index contributed by atoms with van der Waals surface area (Å²) in [6.45, 7) is 4.76. The average molecular weight is 338 g/mol. The van der Waals surface area contributed by atoms with E-state index in [0.29, 0.717) is 11.8 Å². The number of aryl methyl sites for hydroxylation is 1. The molecule has 1 aromatic carbocycles. The first-order chi connectivity index (χ1) is 12.3. The zero-order valence-corrected chi connectivity index (χ0v) is 14.4. The second-order valence-electron chi connectivity index (χ2n) is 6.70. The number of nitrogens with zero attached hydrogens (tertiary/aromatic N) is 4. The molecule has 2 aromatic heterocycles. The number of likely N-dealkylation sites (tertiary alicyclic amines) is 1. The van der Waals surface area contributed by atoms with Gasteiger partial charge in [0.15, 0.2) is 11.6 Å². The minimum Gasteiger partial charge on any atom is -0.359 e. The highest BCUT2D eigenvalue weighted by molar-refractivity contribution is 5.58. The van der Waals surface area contributed by atoms with Crippen LogP contribution in [-0.2, 0) is 13.0 Å². The van der Waals surface area contributed by atoms with Crippen LogP contribution in [0.3, 0.4) is 0 Å². The molecule has 0 saturated carbocycles.